The lowest BCUT2D eigenvalue weighted by molar-refractivity contribution is 0.548. The van der Waals surface area contributed by atoms with Crippen LogP contribution < -0.4 is 5.32 Å². The van der Waals surface area contributed by atoms with E-state index in [0.717, 1.165) is 17.4 Å². The van der Waals surface area contributed by atoms with Gasteiger partial charge in [-0.3, -0.25) is 0 Å². The monoisotopic (exact) mass is 310 g/mol. The van der Waals surface area contributed by atoms with E-state index in [1.807, 2.05) is 11.6 Å². The third-order valence-electron chi connectivity index (χ3n) is 2.59. The van der Waals surface area contributed by atoms with Gasteiger partial charge in [-0.05, 0) is 24.2 Å². The SMILES string of the molecule is CCNC(Cc1nccs1)c1ccc(Br)cc1. The molecule has 4 heteroatoms. The number of aromatic nitrogens is 1. The molecule has 2 aromatic rings. The number of hydrogen-bond acceptors (Lipinski definition) is 3. The van der Waals surface area contributed by atoms with Crippen LogP contribution in [0.15, 0.2) is 40.3 Å². The van der Waals surface area contributed by atoms with Crippen LogP contribution in [0.3, 0.4) is 0 Å². The standard InChI is InChI=1S/C13H15BrN2S/c1-2-15-12(9-13-16-7-8-17-13)10-3-5-11(14)6-4-10/h3-8,12,15H,2,9H2,1H3. The van der Waals surface area contributed by atoms with Crippen molar-refractivity contribution in [3.63, 3.8) is 0 Å². The second-order valence-electron chi connectivity index (χ2n) is 3.79. The summed E-state index contributed by atoms with van der Waals surface area (Å²) in [5.41, 5.74) is 1.31. The van der Waals surface area contributed by atoms with Crippen molar-refractivity contribution in [3.8, 4) is 0 Å². The Kier molecular flexibility index (Phi) is 4.71. The molecule has 2 nitrogen and oxygen atoms in total. The summed E-state index contributed by atoms with van der Waals surface area (Å²) in [6.07, 6.45) is 2.82. The molecule has 0 amide bonds. The van der Waals surface area contributed by atoms with Gasteiger partial charge >= 0.3 is 0 Å². The zero-order valence-electron chi connectivity index (χ0n) is 9.69. The molecule has 0 aliphatic heterocycles. The van der Waals surface area contributed by atoms with Gasteiger partial charge in [0.1, 0.15) is 0 Å². The maximum atomic E-state index is 4.35. The van der Waals surface area contributed by atoms with Crippen molar-refractivity contribution < 1.29 is 0 Å². The summed E-state index contributed by atoms with van der Waals surface area (Å²) < 4.78 is 1.12. The van der Waals surface area contributed by atoms with E-state index >= 15 is 0 Å². The van der Waals surface area contributed by atoms with Gasteiger partial charge in [0.15, 0.2) is 0 Å². The van der Waals surface area contributed by atoms with Gasteiger partial charge in [-0.25, -0.2) is 4.98 Å². The lowest BCUT2D eigenvalue weighted by atomic mass is 10.0. The van der Waals surface area contributed by atoms with Crippen LogP contribution in [0.25, 0.3) is 0 Å². The Balaban J connectivity index is 2.13. The van der Waals surface area contributed by atoms with Crippen molar-refractivity contribution in [1.82, 2.24) is 10.3 Å². The average molecular weight is 311 g/mol. The molecule has 0 spiro atoms. The van der Waals surface area contributed by atoms with Crippen molar-refractivity contribution >= 4 is 27.3 Å². The van der Waals surface area contributed by atoms with Crippen molar-refractivity contribution in [3.05, 3.63) is 50.9 Å². The van der Waals surface area contributed by atoms with E-state index in [0.29, 0.717) is 6.04 Å². The lowest BCUT2D eigenvalue weighted by Gasteiger charge is -2.17. The van der Waals surface area contributed by atoms with Crippen LogP contribution in [-0.4, -0.2) is 11.5 Å². The molecule has 0 bridgehead atoms. The highest BCUT2D eigenvalue weighted by Crippen LogP contribution is 2.21. The number of nitrogens with zero attached hydrogens (tertiary/aromatic N) is 1. The van der Waals surface area contributed by atoms with Crippen molar-refractivity contribution in [2.24, 2.45) is 0 Å². The van der Waals surface area contributed by atoms with Gasteiger partial charge in [0, 0.05) is 28.5 Å². The summed E-state index contributed by atoms with van der Waals surface area (Å²) in [6, 6.07) is 8.83. The number of likely N-dealkylation sites (N-methyl/N-ethyl adjacent to an activating group) is 1. The molecule has 1 aromatic heterocycles. The topological polar surface area (TPSA) is 24.9 Å². The predicted molar refractivity (Wildman–Crippen MR) is 76.4 cm³/mol. The fourth-order valence-electron chi connectivity index (χ4n) is 1.78. The molecule has 0 radical (unpaired) electrons. The predicted octanol–water partition coefficient (Wildman–Crippen LogP) is 3.80. The minimum Gasteiger partial charge on any atom is -0.310 e. The van der Waals surface area contributed by atoms with Crippen LogP contribution in [-0.2, 0) is 6.42 Å². The number of rotatable bonds is 5. The van der Waals surface area contributed by atoms with E-state index in [2.05, 4.69) is 57.4 Å². The van der Waals surface area contributed by atoms with Gasteiger partial charge in [-0.2, -0.15) is 0 Å². The van der Waals surface area contributed by atoms with E-state index in [-0.39, 0.29) is 0 Å². The molecule has 0 aliphatic rings. The van der Waals surface area contributed by atoms with Crippen LogP contribution in [0.4, 0.5) is 0 Å². The molecule has 17 heavy (non-hydrogen) atoms. The van der Waals surface area contributed by atoms with Gasteiger partial charge < -0.3 is 5.32 Å². The number of halogens is 1. The molecule has 2 rings (SSSR count). The van der Waals surface area contributed by atoms with E-state index < -0.39 is 0 Å². The maximum absolute atomic E-state index is 4.35. The Morgan fingerprint density at radius 3 is 2.71 bits per heavy atom. The molecule has 0 fully saturated rings. The molecule has 1 heterocycles. The van der Waals surface area contributed by atoms with Crippen LogP contribution in [0.2, 0.25) is 0 Å². The van der Waals surface area contributed by atoms with Crippen LogP contribution >= 0.6 is 27.3 Å². The highest BCUT2D eigenvalue weighted by Gasteiger charge is 2.12. The molecular formula is C13H15BrN2S. The summed E-state index contributed by atoms with van der Waals surface area (Å²) in [5, 5.41) is 6.72. The van der Waals surface area contributed by atoms with Crippen molar-refractivity contribution in [2.45, 2.75) is 19.4 Å². The molecular weight excluding hydrogens is 296 g/mol. The number of thiazole rings is 1. The third-order valence-corrected chi connectivity index (χ3v) is 3.92. The van der Waals surface area contributed by atoms with Gasteiger partial charge in [-0.1, -0.05) is 35.0 Å². The average Bonchev–Trinajstić information content (AvgIpc) is 2.82. The van der Waals surface area contributed by atoms with Crippen LogP contribution in [0.5, 0.6) is 0 Å². The molecule has 0 aliphatic carbocycles. The first-order valence-electron chi connectivity index (χ1n) is 5.67. The molecule has 1 atom stereocenters. The summed E-state index contributed by atoms with van der Waals surface area (Å²) in [6.45, 7) is 3.10. The normalized spacial score (nSPS) is 12.6. The molecule has 0 saturated heterocycles. The summed E-state index contributed by atoms with van der Waals surface area (Å²) in [4.78, 5) is 4.35. The Bertz CT molecular complexity index is 439. The third kappa shape index (κ3) is 3.63. The Morgan fingerprint density at radius 1 is 1.35 bits per heavy atom. The highest BCUT2D eigenvalue weighted by molar-refractivity contribution is 9.10. The fraction of sp³-hybridized carbons (Fsp3) is 0.308. The maximum Gasteiger partial charge on any atom is 0.0943 e. The first kappa shape index (κ1) is 12.7. The molecule has 1 N–H and O–H groups in total. The number of hydrogen-bond donors (Lipinski definition) is 1. The fourth-order valence-corrected chi connectivity index (χ4v) is 2.71. The smallest absolute Gasteiger partial charge is 0.0943 e. The Morgan fingerprint density at radius 2 is 2.12 bits per heavy atom. The zero-order valence-corrected chi connectivity index (χ0v) is 12.1. The first-order chi connectivity index (χ1) is 8.29. The van der Waals surface area contributed by atoms with Gasteiger partial charge in [0.25, 0.3) is 0 Å². The summed E-state index contributed by atoms with van der Waals surface area (Å²) in [7, 11) is 0. The van der Waals surface area contributed by atoms with Gasteiger partial charge in [-0.15, -0.1) is 11.3 Å². The van der Waals surface area contributed by atoms with Crippen LogP contribution in [0.1, 0.15) is 23.5 Å². The quantitative estimate of drug-likeness (QED) is 0.908. The van der Waals surface area contributed by atoms with Gasteiger partial charge in [0.2, 0.25) is 0 Å². The molecule has 1 unspecified atom stereocenters. The molecule has 1 aromatic carbocycles. The molecule has 90 valence electrons. The second kappa shape index (κ2) is 6.28. The lowest BCUT2D eigenvalue weighted by Crippen LogP contribution is -2.22. The first-order valence-corrected chi connectivity index (χ1v) is 7.34. The molecule has 0 saturated carbocycles. The highest BCUT2D eigenvalue weighted by atomic mass is 79.9. The number of nitrogens with one attached hydrogen (secondary N) is 1. The van der Waals surface area contributed by atoms with E-state index in [1.54, 1.807) is 11.3 Å². The van der Waals surface area contributed by atoms with E-state index in [9.17, 15) is 0 Å². The summed E-state index contributed by atoms with van der Waals surface area (Å²) in [5.74, 6) is 0. The van der Waals surface area contributed by atoms with E-state index in [1.165, 1.54) is 10.6 Å². The van der Waals surface area contributed by atoms with Gasteiger partial charge in [0.05, 0.1) is 5.01 Å². The minimum absolute atomic E-state index is 0.347. The van der Waals surface area contributed by atoms with Crippen molar-refractivity contribution in [2.75, 3.05) is 6.54 Å². The summed E-state index contributed by atoms with van der Waals surface area (Å²) >= 11 is 5.18. The minimum atomic E-state index is 0.347. The zero-order chi connectivity index (χ0) is 12.1. The Labute approximate surface area is 114 Å². The second-order valence-corrected chi connectivity index (χ2v) is 5.69. The Hall–Kier alpha value is -0.710. The number of benzene rings is 1. The van der Waals surface area contributed by atoms with E-state index in [4.69, 9.17) is 0 Å². The van der Waals surface area contributed by atoms with Crippen LogP contribution in [0, 0.1) is 0 Å². The largest absolute Gasteiger partial charge is 0.310 e. The van der Waals surface area contributed by atoms with Crippen molar-refractivity contribution in [1.29, 1.82) is 0 Å².